The smallest absolute Gasteiger partial charge is 0.250 e. The minimum Gasteiger partial charge on any atom is -0.322 e. The van der Waals surface area contributed by atoms with Crippen LogP contribution in [0, 0.1) is 0 Å². The van der Waals surface area contributed by atoms with Crippen molar-refractivity contribution in [1.29, 1.82) is 0 Å². The summed E-state index contributed by atoms with van der Waals surface area (Å²) in [5, 5.41) is 8.59. The predicted molar refractivity (Wildman–Crippen MR) is 117 cm³/mol. The van der Waals surface area contributed by atoms with Crippen LogP contribution in [0.1, 0.15) is 32.4 Å². The van der Waals surface area contributed by atoms with Crippen molar-refractivity contribution in [3.05, 3.63) is 72.3 Å². The maximum atomic E-state index is 13.2. The fourth-order valence-electron chi connectivity index (χ4n) is 3.96. The molecule has 0 fully saturated rings. The molecule has 3 aromatic rings. The molecule has 0 saturated heterocycles. The Bertz CT molecular complexity index is 1080. The first-order valence-electron chi connectivity index (χ1n) is 9.84. The lowest BCUT2D eigenvalue weighted by molar-refractivity contribution is -0.126. The number of hydrogen-bond donors (Lipinski definition) is 2. The van der Waals surface area contributed by atoms with Crippen LogP contribution in [0.15, 0.2) is 66.7 Å². The molecule has 1 aliphatic heterocycles. The Morgan fingerprint density at radius 3 is 2.55 bits per heavy atom. The fraction of sp³-hybridized carbons (Fsp3) is 0.250. The number of nitrogens with zero attached hydrogens (tertiary/aromatic N) is 1. The zero-order valence-corrected chi connectivity index (χ0v) is 16.9. The third kappa shape index (κ3) is 3.38. The first kappa shape index (κ1) is 19.2. The molecule has 0 spiro atoms. The molecule has 2 N–H and O–H groups in total. The molecule has 0 bridgehead atoms. The number of amides is 2. The summed E-state index contributed by atoms with van der Waals surface area (Å²) in [6.45, 7) is 5.72. The molecule has 5 nitrogen and oxygen atoms in total. The van der Waals surface area contributed by atoms with Crippen molar-refractivity contribution in [2.45, 2.75) is 32.4 Å². The minimum absolute atomic E-state index is 0.0120. The summed E-state index contributed by atoms with van der Waals surface area (Å²) in [4.78, 5) is 27.4. The summed E-state index contributed by atoms with van der Waals surface area (Å²) in [7, 11) is 0. The molecule has 0 saturated carbocycles. The standard InChI is InChI=1S/C24H25N3O2/c1-16(18-12-8-10-17-9-4-5-11-19(17)18)25-15-22(28)27-21-14-7-6-13-20(21)26-23(29)24(27,2)3/h4-14,16,25H,15H2,1-3H3,(H,26,29). The Kier molecular flexibility index (Phi) is 4.84. The zero-order chi connectivity index (χ0) is 20.6. The van der Waals surface area contributed by atoms with Crippen LogP contribution in [0.5, 0.6) is 0 Å². The molecule has 0 radical (unpaired) electrons. The van der Waals surface area contributed by atoms with Crippen molar-refractivity contribution in [2.75, 3.05) is 16.8 Å². The lowest BCUT2D eigenvalue weighted by atomic mass is 9.96. The predicted octanol–water partition coefficient (Wildman–Crippen LogP) is 4.25. The Labute approximate surface area is 170 Å². The first-order valence-corrected chi connectivity index (χ1v) is 9.84. The third-order valence-electron chi connectivity index (χ3n) is 5.61. The SMILES string of the molecule is CC(NCC(=O)N1c2ccccc2NC(=O)C1(C)C)c1cccc2ccccc12. The van der Waals surface area contributed by atoms with E-state index in [0.29, 0.717) is 5.69 Å². The number of para-hydroxylation sites is 2. The van der Waals surface area contributed by atoms with Crippen LogP contribution in [-0.4, -0.2) is 23.9 Å². The highest BCUT2D eigenvalue weighted by molar-refractivity contribution is 6.14. The minimum atomic E-state index is -0.963. The second kappa shape index (κ2) is 7.33. The third-order valence-corrected chi connectivity index (χ3v) is 5.61. The highest BCUT2D eigenvalue weighted by Gasteiger charge is 2.43. The van der Waals surface area contributed by atoms with Crippen LogP contribution in [0.3, 0.4) is 0 Å². The van der Waals surface area contributed by atoms with E-state index in [1.807, 2.05) is 42.5 Å². The lowest BCUT2D eigenvalue weighted by Gasteiger charge is -2.42. The molecular weight excluding hydrogens is 362 g/mol. The number of rotatable bonds is 4. The van der Waals surface area contributed by atoms with Crippen LogP contribution in [-0.2, 0) is 9.59 Å². The van der Waals surface area contributed by atoms with Gasteiger partial charge in [-0.3, -0.25) is 14.5 Å². The fourth-order valence-corrected chi connectivity index (χ4v) is 3.96. The van der Waals surface area contributed by atoms with E-state index in [-0.39, 0.29) is 24.4 Å². The molecule has 1 unspecified atom stereocenters. The number of hydrogen-bond acceptors (Lipinski definition) is 3. The summed E-state index contributed by atoms with van der Waals surface area (Å²) in [5.74, 6) is -0.323. The van der Waals surface area contributed by atoms with Gasteiger partial charge in [0.05, 0.1) is 17.9 Å². The van der Waals surface area contributed by atoms with E-state index >= 15 is 0 Å². The Balaban J connectivity index is 1.57. The van der Waals surface area contributed by atoms with E-state index in [9.17, 15) is 9.59 Å². The van der Waals surface area contributed by atoms with Crippen LogP contribution >= 0.6 is 0 Å². The average molecular weight is 387 g/mol. The van der Waals surface area contributed by atoms with Crippen LogP contribution in [0.2, 0.25) is 0 Å². The monoisotopic (exact) mass is 387 g/mol. The van der Waals surface area contributed by atoms with Crippen molar-refractivity contribution in [1.82, 2.24) is 5.32 Å². The summed E-state index contributed by atoms with van der Waals surface area (Å²) in [6.07, 6.45) is 0. The van der Waals surface area contributed by atoms with E-state index in [1.165, 1.54) is 10.8 Å². The average Bonchev–Trinajstić information content (AvgIpc) is 2.72. The summed E-state index contributed by atoms with van der Waals surface area (Å²) >= 11 is 0. The number of carbonyl (C=O) groups is 2. The van der Waals surface area contributed by atoms with E-state index < -0.39 is 5.54 Å². The van der Waals surface area contributed by atoms with Gasteiger partial charge >= 0.3 is 0 Å². The molecule has 148 valence electrons. The van der Waals surface area contributed by atoms with Crippen LogP contribution in [0.4, 0.5) is 11.4 Å². The first-order chi connectivity index (χ1) is 13.9. The molecule has 29 heavy (non-hydrogen) atoms. The number of nitrogens with one attached hydrogen (secondary N) is 2. The largest absolute Gasteiger partial charge is 0.322 e. The highest BCUT2D eigenvalue weighted by Crippen LogP contribution is 2.36. The lowest BCUT2D eigenvalue weighted by Crippen LogP contribution is -2.60. The van der Waals surface area contributed by atoms with Gasteiger partial charge in [-0.05, 0) is 49.2 Å². The second-order valence-electron chi connectivity index (χ2n) is 7.93. The quantitative estimate of drug-likeness (QED) is 0.703. The molecule has 0 aliphatic carbocycles. The number of anilines is 2. The van der Waals surface area contributed by atoms with Gasteiger partial charge < -0.3 is 10.6 Å². The zero-order valence-electron chi connectivity index (χ0n) is 16.9. The van der Waals surface area contributed by atoms with Gasteiger partial charge in [0.25, 0.3) is 0 Å². The maximum Gasteiger partial charge on any atom is 0.250 e. The molecule has 4 rings (SSSR count). The van der Waals surface area contributed by atoms with E-state index in [0.717, 1.165) is 11.3 Å². The van der Waals surface area contributed by atoms with E-state index in [1.54, 1.807) is 18.7 Å². The number of benzene rings is 3. The molecule has 1 atom stereocenters. The number of carbonyl (C=O) groups excluding carboxylic acids is 2. The molecule has 1 heterocycles. The Morgan fingerprint density at radius 1 is 1.03 bits per heavy atom. The van der Waals surface area contributed by atoms with Crippen molar-refractivity contribution in [3.63, 3.8) is 0 Å². The topological polar surface area (TPSA) is 61.4 Å². The highest BCUT2D eigenvalue weighted by atomic mass is 16.2. The Morgan fingerprint density at radius 2 is 1.72 bits per heavy atom. The van der Waals surface area contributed by atoms with Gasteiger partial charge in [-0.1, -0.05) is 54.6 Å². The normalized spacial score (nSPS) is 16.2. The summed E-state index contributed by atoms with van der Waals surface area (Å²) in [6, 6.07) is 21.8. The van der Waals surface area contributed by atoms with Crippen LogP contribution in [0.25, 0.3) is 10.8 Å². The van der Waals surface area contributed by atoms with Gasteiger partial charge in [0.15, 0.2) is 0 Å². The van der Waals surface area contributed by atoms with Gasteiger partial charge in [-0.2, -0.15) is 0 Å². The second-order valence-corrected chi connectivity index (χ2v) is 7.93. The van der Waals surface area contributed by atoms with Crippen LogP contribution < -0.4 is 15.5 Å². The van der Waals surface area contributed by atoms with Gasteiger partial charge in [-0.15, -0.1) is 0 Å². The van der Waals surface area contributed by atoms with Crippen molar-refractivity contribution in [2.24, 2.45) is 0 Å². The number of fused-ring (bicyclic) bond motifs is 2. The molecule has 1 aliphatic rings. The molecule has 5 heteroatoms. The van der Waals surface area contributed by atoms with E-state index in [2.05, 4.69) is 41.8 Å². The maximum absolute atomic E-state index is 13.2. The van der Waals surface area contributed by atoms with Gasteiger partial charge in [0.1, 0.15) is 5.54 Å². The van der Waals surface area contributed by atoms with Crippen molar-refractivity contribution in [3.8, 4) is 0 Å². The van der Waals surface area contributed by atoms with E-state index in [4.69, 9.17) is 0 Å². The van der Waals surface area contributed by atoms with Gasteiger partial charge in [0, 0.05) is 6.04 Å². The molecular formula is C24H25N3O2. The summed E-state index contributed by atoms with van der Waals surface area (Å²) in [5.41, 5.74) is 1.57. The molecule has 0 aromatic heterocycles. The van der Waals surface area contributed by atoms with Gasteiger partial charge in [0.2, 0.25) is 11.8 Å². The van der Waals surface area contributed by atoms with Gasteiger partial charge in [-0.25, -0.2) is 0 Å². The molecule has 2 amide bonds. The van der Waals surface area contributed by atoms with Crippen molar-refractivity contribution >= 4 is 34.0 Å². The summed E-state index contributed by atoms with van der Waals surface area (Å²) < 4.78 is 0. The molecule has 3 aromatic carbocycles. The van der Waals surface area contributed by atoms with Crippen molar-refractivity contribution < 1.29 is 9.59 Å². The Hall–Kier alpha value is -3.18.